The summed E-state index contributed by atoms with van der Waals surface area (Å²) in [6, 6.07) is 20.4. The van der Waals surface area contributed by atoms with Crippen LogP contribution in [0.1, 0.15) is 11.4 Å². The molecule has 0 fully saturated rings. The van der Waals surface area contributed by atoms with Crippen molar-refractivity contribution in [2.45, 2.75) is 0 Å². The number of rotatable bonds is 4. The highest BCUT2D eigenvalue weighted by Gasteiger charge is 1.95. The Morgan fingerprint density at radius 3 is 1.46 bits per heavy atom. The van der Waals surface area contributed by atoms with E-state index in [4.69, 9.17) is 11.5 Å². The van der Waals surface area contributed by atoms with Crippen molar-refractivity contribution < 1.29 is 0 Å². The molecule has 1 heterocycles. The number of nitrogen functional groups attached to an aromatic ring is 2. The molecule has 0 unspecified atom stereocenters. The lowest BCUT2D eigenvalue weighted by atomic mass is 10.3. The number of aliphatic imine (C=N–C) groups is 2. The van der Waals surface area contributed by atoms with Gasteiger partial charge in [-0.3, -0.25) is 9.98 Å². The van der Waals surface area contributed by atoms with Gasteiger partial charge in [0, 0.05) is 11.4 Å². The van der Waals surface area contributed by atoms with Crippen LogP contribution >= 0.6 is 0 Å². The van der Waals surface area contributed by atoms with E-state index in [1.54, 1.807) is 12.4 Å². The fraction of sp³-hybridized carbons (Fsp3) is 0. The van der Waals surface area contributed by atoms with E-state index >= 15 is 0 Å². The number of nitrogens with two attached hydrogens (primary N) is 2. The normalized spacial score (nSPS) is 11.3. The topological polar surface area (TPSA) is 89.6 Å². The number of aromatic nitrogens is 1. The second-order valence-electron chi connectivity index (χ2n) is 5.19. The zero-order chi connectivity index (χ0) is 16.8. The highest BCUT2D eigenvalue weighted by molar-refractivity contribution is 5.84. The Bertz CT molecular complexity index is 794. The molecular weight excluding hydrogens is 298 g/mol. The van der Waals surface area contributed by atoms with Gasteiger partial charge in [-0.2, -0.15) is 0 Å². The highest BCUT2D eigenvalue weighted by Crippen LogP contribution is 2.15. The molecule has 0 atom stereocenters. The Morgan fingerprint density at radius 1 is 0.625 bits per heavy atom. The number of anilines is 2. The van der Waals surface area contributed by atoms with Crippen molar-refractivity contribution >= 4 is 35.2 Å². The first-order valence-electron chi connectivity index (χ1n) is 7.45. The van der Waals surface area contributed by atoms with Crippen LogP contribution in [-0.4, -0.2) is 17.4 Å². The summed E-state index contributed by atoms with van der Waals surface area (Å²) in [5.74, 6) is 0. The third kappa shape index (κ3) is 4.27. The minimum absolute atomic E-state index is 0.716. The van der Waals surface area contributed by atoms with Crippen molar-refractivity contribution in [1.82, 2.24) is 4.98 Å². The predicted molar refractivity (Wildman–Crippen MR) is 100 cm³/mol. The molecule has 0 radical (unpaired) electrons. The molecule has 118 valence electrons. The molecular formula is C19H17N5. The van der Waals surface area contributed by atoms with E-state index in [0.29, 0.717) is 11.4 Å². The Hall–Kier alpha value is -3.47. The largest absolute Gasteiger partial charge is 0.399 e. The van der Waals surface area contributed by atoms with Crippen LogP contribution in [0, 0.1) is 0 Å². The lowest BCUT2D eigenvalue weighted by Crippen LogP contribution is -1.93. The second-order valence-corrected chi connectivity index (χ2v) is 5.19. The van der Waals surface area contributed by atoms with E-state index in [1.165, 1.54) is 0 Å². The number of nitrogens with zero attached hydrogens (tertiary/aromatic N) is 3. The number of pyridine rings is 1. The van der Waals surface area contributed by atoms with Gasteiger partial charge in [0.2, 0.25) is 0 Å². The minimum atomic E-state index is 0.716. The van der Waals surface area contributed by atoms with Gasteiger partial charge in [0.15, 0.2) is 0 Å². The maximum absolute atomic E-state index is 5.66. The van der Waals surface area contributed by atoms with Gasteiger partial charge >= 0.3 is 0 Å². The monoisotopic (exact) mass is 315 g/mol. The van der Waals surface area contributed by atoms with Crippen LogP contribution in [0.25, 0.3) is 0 Å². The van der Waals surface area contributed by atoms with Gasteiger partial charge in [-0.15, -0.1) is 0 Å². The number of benzene rings is 2. The molecule has 3 rings (SSSR count). The summed E-state index contributed by atoms with van der Waals surface area (Å²) < 4.78 is 0. The quantitative estimate of drug-likeness (QED) is 0.567. The van der Waals surface area contributed by atoms with Crippen molar-refractivity contribution in [2.24, 2.45) is 9.98 Å². The van der Waals surface area contributed by atoms with Crippen LogP contribution in [0.3, 0.4) is 0 Å². The summed E-state index contributed by atoms with van der Waals surface area (Å²) in [7, 11) is 0. The van der Waals surface area contributed by atoms with Gasteiger partial charge in [-0.05, 0) is 60.7 Å². The number of hydrogen-bond acceptors (Lipinski definition) is 5. The first kappa shape index (κ1) is 15.4. The Morgan fingerprint density at radius 2 is 1.04 bits per heavy atom. The molecule has 0 saturated heterocycles. The van der Waals surface area contributed by atoms with Gasteiger partial charge in [0.05, 0.1) is 35.2 Å². The van der Waals surface area contributed by atoms with Crippen molar-refractivity contribution in [3.8, 4) is 0 Å². The molecule has 0 amide bonds. The smallest absolute Gasteiger partial charge is 0.0820 e. The molecule has 0 spiro atoms. The Labute approximate surface area is 140 Å². The summed E-state index contributed by atoms with van der Waals surface area (Å²) in [6.07, 6.45) is 3.43. The fourth-order valence-electron chi connectivity index (χ4n) is 2.01. The van der Waals surface area contributed by atoms with Gasteiger partial charge in [0.25, 0.3) is 0 Å². The third-order valence-corrected chi connectivity index (χ3v) is 3.27. The molecule has 5 heteroatoms. The highest BCUT2D eigenvalue weighted by atomic mass is 14.8. The summed E-state index contributed by atoms with van der Waals surface area (Å²) in [6.45, 7) is 0. The molecule has 1 aromatic heterocycles. The Balaban J connectivity index is 1.74. The van der Waals surface area contributed by atoms with Gasteiger partial charge in [-0.25, -0.2) is 4.98 Å². The van der Waals surface area contributed by atoms with E-state index in [9.17, 15) is 0 Å². The van der Waals surface area contributed by atoms with Crippen molar-refractivity contribution in [3.63, 3.8) is 0 Å². The molecule has 0 saturated carbocycles. The summed E-state index contributed by atoms with van der Waals surface area (Å²) in [5.41, 5.74) is 15.9. The van der Waals surface area contributed by atoms with Crippen LogP contribution in [0.15, 0.2) is 76.7 Å². The molecule has 2 aromatic carbocycles. The van der Waals surface area contributed by atoms with Crippen LogP contribution in [0.5, 0.6) is 0 Å². The first-order valence-corrected chi connectivity index (χ1v) is 7.45. The lowest BCUT2D eigenvalue weighted by molar-refractivity contribution is 1.27. The molecule has 3 aromatic rings. The molecule has 5 nitrogen and oxygen atoms in total. The van der Waals surface area contributed by atoms with Gasteiger partial charge in [-0.1, -0.05) is 6.07 Å². The van der Waals surface area contributed by atoms with Crippen LogP contribution in [-0.2, 0) is 0 Å². The molecule has 4 N–H and O–H groups in total. The lowest BCUT2D eigenvalue weighted by Gasteiger charge is -1.98. The second kappa shape index (κ2) is 7.19. The van der Waals surface area contributed by atoms with Crippen LogP contribution in [0.4, 0.5) is 22.7 Å². The summed E-state index contributed by atoms with van der Waals surface area (Å²) in [5, 5.41) is 0. The molecule has 0 aliphatic carbocycles. The maximum atomic E-state index is 5.66. The first-order chi connectivity index (χ1) is 11.7. The van der Waals surface area contributed by atoms with Crippen LogP contribution < -0.4 is 11.5 Å². The zero-order valence-electron chi connectivity index (χ0n) is 13.0. The van der Waals surface area contributed by atoms with E-state index in [0.717, 1.165) is 22.8 Å². The summed E-state index contributed by atoms with van der Waals surface area (Å²) in [4.78, 5) is 13.3. The minimum Gasteiger partial charge on any atom is -0.399 e. The van der Waals surface area contributed by atoms with Crippen molar-refractivity contribution in [2.75, 3.05) is 11.5 Å². The number of hydrogen-bond donors (Lipinski definition) is 2. The average molecular weight is 315 g/mol. The van der Waals surface area contributed by atoms with Gasteiger partial charge < -0.3 is 11.5 Å². The van der Waals surface area contributed by atoms with E-state index < -0.39 is 0 Å². The predicted octanol–water partition coefficient (Wildman–Crippen LogP) is 3.75. The van der Waals surface area contributed by atoms with Gasteiger partial charge in [0.1, 0.15) is 0 Å². The fourth-order valence-corrected chi connectivity index (χ4v) is 2.01. The Kier molecular flexibility index (Phi) is 4.62. The van der Waals surface area contributed by atoms with Crippen molar-refractivity contribution in [1.29, 1.82) is 0 Å². The summed E-state index contributed by atoms with van der Waals surface area (Å²) >= 11 is 0. The van der Waals surface area contributed by atoms with E-state index in [-0.39, 0.29) is 0 Å². The van der Waals surface area contributed by atoms with E-state index in [1.807, 2.05) is 66.7 Å². The van der Waals surface area contributed by atoms with Crippen LogP contribution in [0.2, 0.25) is 0 Å². The third-order valence-electron chi connectivity index (χ3n) is 3.27. The van der Waals surface area contributed by atoms with Crippen molar-refractivity contribution in [3.05, 3.63) is 78.1 Å². The molecule has 0 aliphatic heterocycles. The molecule has 0 bridgehead atoms. The maximum Gasteiger partial charge on any atom is 0.0820 e. The zero-order valence-corrected chi connectivity index (χ0v) is 13.0. The molecule has 24 heavy (non-hydrogen) atoms. The SMILES string of the molecule is Nc1ccc(N=Cc2cccc(C=Nc3ccc(N)cc3)n2)cc1. The standard InChI is InChI=1S/C19H17N5/c20-14-4-8-16(9-5-14)22-12-18-2-1-3-19(24-18)13-23-17-10-6-15(21)7-11-17/h1-13H,20-21H2. The average Bonchev–Trinajstić information content (AvgIpc) is 2.61. The molecule has 0 aliphatic rings. The van der Waals surface area contributed by atoms with E-state index in [2.05, 4.69) is 15.0 Å².